The van der Waals surface area contributed by atoms with E-state index in [1.807, 2.05) is 0 Å². The Balaban J connectivity index is 1.53. The number of rotatable bonds is 6. The van der Waals surface area contributed by atoms with Gasteiger partial charge in [-0.05, 0) is 51.2 Å². The minimum atomic E-state index is -1.27. The number of furan rings is 1. The molecule has 0 radical (unpaired) electrons. The molecule has 1 saturated heterocycles. The maximum absolute atomic E-state index is 12.6. The van der Waals surface area contributed by atoms with Crippen molar-refractivity contribution in [2.24, 2.45) is 0 Å². The monoisotopic (exact) mass is 345 g/mol. The molecule has 7 heteroatoms. The Bertz CT molecular complexity index is 695. The predicted molar refractivity (Wildman–Crippen MR) is 90.5 cm³/mol. The number of amides is 4. The van der Waals surface area contributed by atoms with E-state index < -0.39 is 17.5 Å². The van der Waals surface area contributed by atoms with Gasteiger partial charge in [0, 0.05) is 6.54 Å². The first kappa shape index (κ1) is 17.3. The number of hydrogen-bond donors (Lipinski definition) is 2. The van der Waals surface area contributed by atoms with Gasteiger partial charge in [0.15, 0.2) is 5.54 Å². The average Bonchev–Trinajstić information content (AvgIpc) is 3.21. The Labute approximate surface area is 146 Å². The van der Waals surface area contributed by atoms with Crippen LogP contribution in [0.25, 0.3) is 0 Å². The van der Waals surface area contributed by atoms with E-state index in [1.54, 1.807) is 19.1 Å². The molecule has 3 rings (SSSR count). The number of nitrogens with zero attached hydrogens (tertiary/aromatic N) is 1. The van der Waals surface area contributed by atoms with Crippen molar-refractivity contribution in [3.05, 3.63) is 35.8 Å². The standard InChI is InChI=1S/C18H23N3O4/c1-18(14-8-5-11-25-14)16(23)21(17(24)20-18)12-15(22)19-10-9-13-6-3-2-4-7-13/h5-6,8,11H,2-4,7,9-10,12H2,1H3,(H,19,22)(H,20,24)/t18-/m1/s1. The molecule has 1 fully saturated rings. The quantitative estimate of drug-likeness (QED) is 0.610. The number of imide groups is 1. The first-order valence-corrected chi connectivity index (χ1v) is 8.63. The van der Waals surface area contributed by atoms with E-state index >= 15 is 0 Å². The summed E-state index contributed by atoms with van der Waals surface area (Å²) in [5.41, 5.74) is 0.0975. The molecular formula is C18H23N3O4. The second-order valence-corrected chi connectivity index (χ2v) is 6.63. The van der Waals surface area contributed by atoms with E-state index in [2.05, 4.69) is 16.7 Å². The molecule has 0 unspecified atom stereocenters. The average molecular weight is 345 g/mol. The summed E-state index contributed by atoms with van der Waals surface area (Å²) in [7, 11) is 0. The Morgan fingerprint density at radius 2 is 2.24 bits per heavy atom. The van der Waals surface area contributed by atoms with Crippen molar-refractivity contribution in [2.45, 2.75) is 44.6 Å². The van der Waals surface area contributed by atoms with Crippen molar-refractivity contribution in [1.29, 1.82) is 0 Å². The van der Waals surface area contributed by atoms with E-state index in [0.29, 0.717) is 12.3 Å². The van der Waals surface area contributed by atoms with Crippen LogP contribution in [-0.4, -0.2) is 35.8 Å². The van der Waals surface area contributed by atoms with Gasteiger partial charge in [0.05, 0.1) is 6.26 Å². The van der Waals surface area contributed by atoms with Gasteiger partial charge < -0.3 is 15.1 Å². The number of carbonyl (C=O) groups excluding carboxylic acids is 3. The molecule has 1 atom stereocenters. The smallest absolute Gasteiger partial charge is 0.325 e. The molecule has 134 valence electrons. The maximum atomic E-state index is 12.6. The van der Waals surface area contributed by atoms with Crippen LogP contribution in [0.1, 0.15) is 44.8 Å². The number of allylic oxidation sites excluding steroid dienone is 1. The highest BCUT2D eigenvalue weighted by Crippen LogP contribution is 2.28. The SMILES string of the molecule is C[C@]1(c2ccco2)NC(=O)N(CC(=O)NCCC2=CCCCC2)C1=O. The molecule has 1 aliphatic carbocycles. The Morgan fingerprint density at radius 1 is 1.40 bits per heavy atom. The molecule has 2 N–H and O–H groups in total. The van der Waals surface area contributed by atoms with Gasteiger partial charge in [-0.2, -0.15) is 0 Å². The van der Waals surface area contributed by atoms with Crippen LogP contribution in [0.3, 0.4) is 0 Å². The van der Waals surface area contributed by atoms with E-state index in [1.165, 1.54) is 24.7 Å². The number of carbonyl (C=O) groups is 3. The highest BCUT2D eigenvalue weighted by molar-refractivity contribution is 6.08. The zero-order valence-electron chi connectivity index (χ0n) is 14.3. The summed E-state index contributed by atoms with van der Waals surface area (Å²) in [6, 6.07) is 2.68. The van der Waals surface area contributed by atoms with Crippen LogP contribution in [0.2, 0.25) is 0 Å². The van der Waals surface area contributed by atoms with E-state index in [-0.39, 0.29) is 12.5 Å². The molecule has 1 aromatic heterocycles. The van der Waals surface area contributed by atoms with Crippen LogP contribution in [0.4, 0.5) is 4.79 Å². The highest BCUT2D eigenvalue weighted by Gasteiger charge is 2.51. The van der Waals surface area contributed by atoms with Crippen molar-refractivity contribution < 1.29 is 18.8 Å². The zero-order chi connectivity index (χ0) is 17.9. The molecule has 1 aliphatic heterocycles. The van der Waals surface area contributed by atoms with E-state index in [4.69, 9.17) is 4.42 Å². The van der Waals surface area contributed by atoms with E-state index in [9.17, 15) is 14.4 Å². The first-order valence-electron chi connectivity index (χ1n) is 8.63. The largest absolute Gasteiger partial charge is 0.466 e. The molecule has 2 aliphatic rings. The van der Waals surface area contributed by atoms with Crippen LogP contribution in [0.5, 0.6) is 0 Å². The van der Waals surface area contributed by atoms with Gasteiger partial charge >= 0.3 is 6.03 Å². The van der Waals surface area contributed by atoms with Crippen molar-refractivity contribution in [1.82, 2.24) is 15.5 Å². The summed E-state index contributed by atoms with van der Waals surface area (Å²) >= 11 is 0. The fourth-order valence-corrected chi connectivity index (χ4v) is 3.26. The third-order valence-electron chi connectivity index (χ3n) is 4.74. The maximum Gasteiger partial charge on any atom is 0.325 e. The molecule has 7 nitrogen and oxygen atoms in total. The van der Waals surface area contributed by atoms with Crippen LogP contribution < -0.4 is 10.6 Å². The summed E-state index contributed by atoms with van der Waals surface area (Å²) in [5.74, 6) is -0.487. The molecular weight excluding hydrogens is 322 g/mol. The van der Waals surface area contributed by atoms with E-state index in [0.717, 1.165) is 24.2 Å². The van der Waals surface area contributed by atoms with Gasteiger partial charge in [0.25, 0.3) is 5.91 Å². The van der Waals surface area contributed by atoms with Crippen LogP contribution in [0.15, 0.2) is 34.5 Å². The molecule has 2 heterocycles. The number of nitrogens with one attached hydrogen (secondary N) is 2. The van der Waals surface area contributed by atoms with Gasteiger partial charge in [-0.15, -0.1) is 0 Å². The Morgan fingerprint density at radius 3 is 2.92 bits per heavy atom. The molecule has 0 bridgehead atoms. The predicted octanol–water partition coefficient (Wildman–Crippen LogP) is 2.05. The molecule has 4 amide bonds. The van der Waals surface area contributed by atoms with Gasteiger partial charge in [0.2, 0.25) is 5.91 Å². The molecule has 25 heavy (non-hydrogen) atoms. The second-order valence-electron chi connectivity index (χ2n) is 6.63. The summed E-state index contributed by atoms with van der Waals surface area (Å²) in [4.78, 5) is 37.7. The van der Waals surface area contributed by atoms with Gasteiger partial charge in [-0.1, -0.05) is 11.6 Å². The van der Waals surface area contributed by atoms with Crippen molar-refractivity contribution in [3.63, 3.8) is 0 Å². The first-order chi connectivity index (χ1) is 12.0. The summed E-state index contributed by atoms with van der Waals surface area (Å²) in [6.45, 7) is 1.79. The summed E-state index contributed by atoms with van der Waals surface area (Å²) in [6.07, 6.45) is 9.12. The van der Waals surface area contributed by atoms with Crippen molar-refractivity contribution >= 4 is 17.8 Å². The highest BCUT2D eigenvalue weighted by atomic mass is 16.3. The van der Waals surface area contributed by atoms with Gasteiger partial charge in [0.1, 0.15) is 12.3 Å². The Kier molecular flexibility index (Phi) is 4.92. The topological polar surface area (TPSA) is 91.7 Å². The molecule has 0 saturated carbocycles. The minimum absolute atomic E-state index is 0.292. The Hall–Kier alpha value is -2.57. The summed E-state index contributed by atoms with van der Waals surface area (Å²) < 4.78 is 5.26. The lowest BCUT2D eigenvalue weighted by Crippen LogP contribution is -2.43. The fourth-order valence-electron chi connectivity index (χ4n) is 3.26. The normalized spacial score (nSPS) is 23.4. The van der Waals surface area contributed by atoms with Gasteiger partial charge in [-0.3, -0.25) is 14.5 Å². The lowest BCUT2D eigenvalue weighted by molar-refractivity contribution is -0.135. The van der Waals surface area contributed by atoms with Crippen LogP contribution in [0, 0.1) is 0 Å². The second kappa shape index (κ2) is 7.13. The molecule has 0 spiro atoms. The van der Waals surface area contributed by atoms with Crippen LogP contribution >= 0.6 is 0 Å². The lowest BCUT2D eigenvalue weighted by Gasteiger charge is -2.19. The molecule has 0 aromatic carbocycles. The summed E-state index contributed by atoms with van der Waals surface area (Å²) in [5, 5.41) is 5.38. The number of hydrogen-bond acceptors (Lipinski definition) is 4. The number of urea groups is 1. The zero-order valence-corrected chi connectivity index (χ0v) is 14.3. The lowest BCUT2D eigenvalue weighted by atomic mass is 9.97. The minimum Gasteiger partial charge on any atom is -0.466 e. The molecule has 1 aromatic rings. The third-order valence-corrected chi connectivity index (χ3v) is 4.74. The van der Waals surface area contributed by atoms with Crippen LogP contribution in [-0.2, 0) is 15.1 Å². The third kappa shape index (κ3) is 3.60. The fraction of sp³-hybridized carbons (Fsp3) is 0.500. The van der Waals surface area contributed by atoms with Gasteiger partial charge in [-0.25, -0.2) is 4.79 Å². The van der Waals surface area contributed by atoms with Crippen molar-refractivity contribution in [3.8, 4) is 0 Å². The van der Waals surface area contributed by atoms with Crippen molar-refractivity contribution in [2.75, 3.05) is 13.1 Å².